The molecule has 0 fully saturated rings. The van der Waals surface area contributed by atoms with Gasteiger partial charge in [0.2, 0.25) is 11.8 Å². The van der Waals surface area contributed by atoms with Crippen molar-refractivity contribution in [1.82, 2.24) is 10.2 Å². The second-order valence-electron chi connectivity index (χ2n) is 8.86. The Bertz CT molecular complexity index is 869. The molecule has 0 saturated heterocycles. The standard InChI is InChI=1S/C26H36N2O3/c1-7-23(25(30)27-5)28(18-20-9-8-10-22(17-20)31-6)24(29)16-13-19-11-14-21(15-12-19)26(2,3)4/h8-12,14-15,17,23H,7,13,16,18H2,1-6H3,(H,27,30)/t23-/m0/s1. The lowest BCUT2D eigenvalue weighted by molar-refractivity contribution is -0.141. The van der Waals surface area contributed by atoms with Crippen molar-refractivity contribution in [2.75, 3.05) is 14.2 Å². The Morgan fingerprint density at radius 2 is 1.74 bits per heavy atom. The SMILES string of the molecule is CC[C@@H](C(=O)NC)N(Cc1cccc(OC)c1)C(=O)CCc1ccc(C(C)(C)C)cc1. The van der Waals surface area contributed by atoms with Gasteiger partial charge in [-0.1, -0.05) is 64.1 Å². The lowest BCUT2D eigenvalue weighted by Gasteiger charge is -2.30. The minimum atomic E-state index is -0.507. The van der Waals surface area contributed by atoms with Crippen LogP contribution in [-0.2, 0) is 28.0 Å². The highest BCUT2D eigenvalue weighted by Gasteiger charge is 2.27. The molecule has 2 aromatic rings. The molecule has 2 aromatic carbocycles. The number of nitrogens with zero attached hydrogens (tertiary/aromatic N) is 1. The normalized spacial score (nSPS) is 12.2. The quantitative estimate of drug-likeness (QED) is 0.646. The summed E-state index contributed by atoms with van der Waals surface area (Å²) in [4.78, 5) is 27.4. The highest BCUT2D eigenvalue weighted by atomic mass is 16.5. The van der Waals surface area contributed by atoms with Crippen LogP contribution in [0.25, 0.3) is 0 Å². The van der Waals surface area contributed by atoms with Crippen molar-refractivity contribution in [3.63, 3.8) is 0 Å². The monoisotopic (exact) mass is 424 g/mol. The van der Waals surface area contributed by atoms with E-state index in [2.05, 4.69) is 50.4 Å². The third-order valence-electron chi connectivity index (χ3n) is 5.57. The Kier molecular flexibility index (Phi) is 8.66. The maximum atomic E-state index is 13.2. The molecule has 168 valence electrons. The zero-order chi connectivity index (χ0) is 23.0. The third kappa shape index (κ3) is 6.84. The average Bonchev–Trinajstić information content (AvgIpc) is 2.76. The zero-order valence-corrected chi connectivity index (χ0v) is 19.7. The van der Waals surface area contributed by atoms with Crippen LogP contribution in [0.5, 0.6) is 5.75 Å². The van der Waals surface area contributed by atoms with Gasteiger partial charge in [0.05, 0.1) is 7.11 Å². The van der Waals surface area contributed by atoms with Gasteiger partial charge in [0.25, 0.3) is 0 Å². The lowest BCUT2D eigenvalue weighted by Crippen LogP contribution is -2.48. The summed E-state index contributed by atoms with van der Waals surface area (Å²) in [6.45, 7) is 8.85. The summed E-state index contributed by atoms with van der Waals surface area (Å²) in [5, 5.41) is 2.70. The van der Waals surface area contributed by atoms with E-state index in [0.29, 0.717) is 25.8 Å². The third-order valence-corrected chi connectivity index (χ3v) is 5.57. The van der Waals surface area contributed by atoms with Crippen LogP contribution in [0.2, 0.25) is 0 Å². The Morgan fingerprint density at radius 3 is 2.29 bits per heavy atom. The molecule has 5 nitrogen and oxygen atoms in total. The van der Waals surface area contributed by atoms with Crippen molar-refractivity contribution < 1.29 is 14.3 Å². The molecular formula is C26H36N2O3. The van der Waals surface area contributed by atoms with E-state index in [1.807, 2.05) is 31.2 Å². The Morgan fingerprint density at radius 1 is 1.06 bits per heavy atom. The summed E-state index contributed by atoms with van der Waals surface area (Å²) in [6.07, 6.45) is 1.55. The predicted molar refractivity (Wildman–Crippen MR) is 125 cm³/mol. The van der Waals surface area contributed by atoms with Crippen LogP contribution in [0, 0.1) is 0 Å². The fraction of sp³-hybridized carbons (Fsp3) is 0.462. The van der Waals surface area contributed by atoms with Gasteiger partial charge in [-0.2, -0.15) is 0 Å². The van der Waals surface area contributed by atoms with Gasteiger partial charge < -0.3 is 15.0 Å². The fourth-order valence-corrected chi connectivity index (χ4v) is 3.62. The van der Waals surface area contributed by atoms with Gasteiger partial charge in [-0.3, -0.25) is 9.59 Å². The number of methoxy groups -OCH3 is 1. The van der Waals surface area contributed by atoms with E-state index in [0.717, 1.165) is 16.9 Å². The maximum Gasteiger partial charge on any atom is 0.242 e. The number of carbonyl (C=O) groups excluding carboxylic acids is 2. The number of ether oxygens (including phenoxy) is 1. The molecule has 0 spiro atoms. The molecule has 0 aliphatic heterocycles. The molecule has 0 aliphatic carbocycles. The summed E-state index contributed by atoms with van der Waals surface area (Å²) in [5.41, 5.74) is 3.43. The highest BCUT2D eigenvalue weighted by molar-refractivity contribution is 5.87. The van der Waals surface area contributed by atoms with E-state index >= 15 is 0 Å². The lowest BCUT2D eigenvalue weighted by atomic mass is 9.86. The van der Waals surface area contributed by atoms with Crippen LogP contribution in [-0.4, -0.2) is 36.9 Å². The smallest absolute Gasteiger partial charge is 0.242 e. The molecular weight excluding hydrogens is 388 g/mol. The first-order valence-electron chi connectivity index (χ1n) is 10.9. The van der Waals surface area contributed by atoms with Crippen LogP contribution < -0.4 is 10.1 Å². The van der Waals surface area contributed by atoms with Crippen LogP contribution in [0.15, 0.2) is 48.5 Å². The molecule has 1 N–H and O–H groups in total. The number of carbonyl (C=O) groups is 2. The van der Waals surface area contributed by atoms with Crippen molar-refractivity contribution in [2.24, 2.45) is 0 Å². The van der Waals surface area contributed by atoms with Gasteiger partial charge in [-0.25, -0.2) is 0 Å². The summed E-state index contributed by atoms with van der Waals surface area (Å²) in [5.74, 6) is 0.559. The van der Waals surface area contributed by atoms with E-state index in [9.17, 15) is 9.59 Å². The van der Waals surface area contributed by atoms with Crippen LogP contribution >= 0.6 is 0 Å². The first kappa shape index (κ1) is 24.4. The molecule has 1 atom stereocenters. The fourth-order valence-electron chi connectivity index (χ4n) is 3.62. The van der Waals surface area contributed by atoms with Gasteiger partial charge in [-0.15, -0.1) is 0 Å². The second kappa shape index (κ2) is 11.0. The van der Waals surface area contributed by atoms with E-state index in [-0.39, 0.29) is 17.2 Å². The number of hydrogen-bond acceptors (Lipinski definition) is 3. The molecule has 5 heteroatoms. The second-order valence-corrected chi connectivity index (χ2v) is 8.86. The Balaban J connectivity index is 2.17. The van der Waals surface area contributed by atoms with Crippen molar-refractivity contribution in [2.45, 2.75) is 65.0 Å². The summed E-state index contributed by atoms with van der Waals surface area (Å²) in [6, 6.07) is 15.6. The zero-order valence-electron chi connectivity index (χ0n) is 19.7. The number of nitrogens with one attached hydrogen (secondary N) is 1. The highest BCUT2D eigenvalue weighted by Crippen LogP contribution is 2.23. The van der Waals surface area contributed by atoms with Gasteiger partial charge in [0.15, 0.2) is 0 Å². The first-order chi connectivity index (χ1) is 14.7. The summed E-state index contributed by atoms with van der Waals surface area (Å²) >= 11 is 0. The van der Waals surface area contributed by atoms with E-state index in [4.69, 9.17) is 4.74 Å². The van der Waals surface area contributed by atoms with Gasteiger partial charge in [0, 0.05) is 20.0 Å². The molecule has 0 radical (unpaired) electrons. The molecule has 2 rings (SSSR count). The number of amides is 2. The topological polar surface area (TPSA) is 58.6 Å². The van der Waals surface area contributed by atoms with Crippen molar-refractivity contribution in [3.8, 4) is 5.75 Å². The number of hydrogen-bond donors (Lipinski definition) is 1. The van der Waals surface area contributed by atoms with Gasteiger partial charge >= 0.3 is 0 Å². The predicted octanol–water partition coefficient (Wildman–Crippen LogP) is 4.48. The molecule has 0 bridgehead atoms. The number of rotatable bonds is 9. The molecule has 0 heterocycles. The Hall–Kier alpha value is -2.82. The van der Waals surface area contributed by atoms with E-state index in [1.54, 1.807) is 19.1 Å². The van der Waals surface area contributed by atoms with Crippen molar-refractivity contribution >= 4 is 11.8 Å². The molecule has 0 saturated carbocycles. The molecule has 0 unspecified atom stereocenters. The number of benzene rings is 2. The molecule has 2 amide bonds. The largest absolute Gasteiger partial charge is 0.497 e. The van der Waals surface area contributed by atoms with Crippen molar-refractivity contribution in [1.29, 1.82) is 0 Å². The molecule has 31 heavy (non-hydrogen) atoms. The summed E-state index contributed by atoms with van der Waals surface area (Å²) < 4.78 is 5.31. The van der Waals surface area contributed by atoms with Crippen LogP contribution in [0.3, 0.4) is 0 Å². The first-order valence-corrected chi connectivity index (χ1v) is 10.9. The van der Waals surface area contributed by atoms with E-state index in [1.165, 1.54) is 5.56 Å². The summed E-state index contributed by atoms with van der Waals surface area (Å²) in [7, 11) is 3.22. The number of aryl methyl sites for hydroxylation is 1. The van der Waals surface area contributed by atoms with Crippen LogP contribution in [0.4, 0.5) is 0 Å². The minimum absolute atomic E-state index is 0.0295. The van der Waals surface area contributed by atoms with Crippen LogP contribution in [0.1, 0.15) is 57.2 Å². The Labute approximate surface area is 186 Å². The van der Waals surface area contributed by atoms with Gasteiger partial charge in [0.1, 0.15) is 11.8 Å². The van der Waals surface area contributed by atoms with Crippen molar-refractivity contribution in [3.05, 3.63) is 65.2 Å². The molecule has 0 aliphatic rings. The maximum absolute atomic E-state index is 13.2. The number of likely N-dealkylation sites (N-methyl/N-ethyl adjacent to an activating group) is 1. The average molecular weight is 425 g/mol. The van der Waals surface area contributed by atoms with Gasteiger partial charge in [-0.05, 0) is 47.1 Å². The van der Waals surface area contributed by atoms with E-state index < -0.39 is 6.04 Å². The minimum Gasteiger partial charge on any atom is -0.497 e. The molecule has 0 aromatic heterocycles.